The van der Waals surface area contributed by atoms with E-state index in [1.807, 2.05) is 0 Å². The lowest BCUT2D eigenvalue weighted by atomic mass is 10.2. The molecule has 4 nitrogen and oxygen atoms in total. The van der Waals surface area contributed by atoms with E-state index in [0.29, 0.717) is 5.56 Å². The van der Waals surface area contributed by atoms with Crippen LogP contribution in [-0.2, 0) is 14.6 Å². The fourth-order valence-corrected chi connectivity index (χ4v) is 1.69. The minimum Gasteiger partial charge on any atom is -0.478 e. The summed E-state index contributed by atoms with van der Waals surface area (Å²) in [4.78, 5) is 10.4. The number of hydrogen-bond donors (Lipinski definition) is 1. The predicted molar refractivity (Wildman–Crippen MR) is 56.2 cm³/mol. The lowest BCUT2D eigenvalue weighted by Crippen LogP contribution is -1.96. The zero-order chi connectivity index (χ0) is 11.5. The Morgan fingerprint density at radius 3 is 2.60 bits per heavy atom. The smallest absolute Gasteiger partial charge is 0.328 e. The van der Waals surface area contributed by atoms with Crippen LogP contribution in [-0.4, -0.2) is 25.7 Å². The van der Waals surface area contributed by atoms with E-state index < -0.39 is 15.8 Å². The molecule has 15 heavy (non-hydrogen) atoms. The highest BCUT2D eigenvalue weighted by atomic mass is 32.2. The first-order valence-electron chi connectivity index (χ1n) is 4.11. The topological polar surface area (TPSA) is 71.4 Å². The molecule has 0 unspecified atom stereocenters. The van der Waals surface area contributed by atoms with Crippen molar-refractivity contribution in [2.45, 2.75) is 4.90 Å². The first-order chi connectivity index (χ1) is 6.89. The van der Waals surface area contributed by atoms with E-state index in [4.69, 9.17) is 5.11 Å². The third-order valence-electron chi connectivity index (χ3n) is 1.70. The fourth-order valence-electron chi connectivity index (χ4n) is 1.02. The van der Waals surface area contributed by atoms with Crippen molar-refractivity contribution in [3.8, 4) is 0 Å². The summed E-state index contributed by atoms with van der Waals surface area (Å²) in [6.45, 7) is 0. The second-order valence-electron chi connectivity index (χ2n) is 3.02. The Labute approximate surface area is 87.8 Å². The molecule has 1 rings (SSSR count). The van der Waals surface area contributed by atoms with Gasteiger partial charge >= 0.3 is 5.97 Å². The van der Waals surface area contributed by atoms with Crippen molar-refractivity contribution in [2.75, 3.05) is 6.26 Å². The Balaban J connectivity index is 3.09. The van der Waals surface area contributed by atoms with Gasteiger partial charge in [-0.15, -0.1) is 0 Å². The Morgan fingerprint density at radius 2 is 2.07 bits per heavy atom. The van der Waals surface area contributed by atoms with Gasteiger partial charge in [0, 0.05) is 12.3 Å². The van der Waals surface area contributed by atoms with Gasteiger partial charge in [-0.05, 0) is 23.8 Å². The number of sulfone groups is 1. The first-order valence-corrected chi connectivity index (χ1v) is 6.00. The Kier molecular flexibility index (Phi) is 3.26. The molecule has 0 aromatic heterocycles. The minimum atomic E-state index is -3.25. The second kappa shape index (κ2) is 4.27. The third kappa shape index (κ3) is 3.55. The van der Waals surface area contributed by atoms with Crippen LogP contribution in [0.3, 0.4) is 0 Å². The van der Waals surface area contributed by atoms with E-state index >= 15 is 0 Å². The van der Waals surface area contributed by atoms with Gasteiger partial charge < -0.3 is 5.11 Å². The maximum absolute atomic E-state index is 11.2. The summed E-state index contributed by atoms with van der Waals surface area (Å²) in [7, 11) is -3.25. The molecule has 0 spiro atoms. The molecule has 0 bridgehead atoms. The van der Waals surface area contributed by atoms with E-state index in [-0.39, 0.29) is 4.90 Å². The third-order valence-corrected chi connectivity index (χ3v) is 2.81. The monoisotopic (exact) mass is 226 g/mol. The largest absolute Gasteiger partial charge is 0.478 e. The zero-order valence-corrected chi connectivity index (χ0v) is 8.86. The highest BCUT2D eigenvalue weighted by Crippen LogP contribution is 2.12. The van der Waals surface area contributed by atoms with Gasteiger partial charge in [-0.2, -0.15) is 0 Å². The van der Waals surface area contributed by atoms with Gasteiger partial charge in [-0.25, -0.2) is 13.2 Å². The van der Waals surface area contributed by atoms with Crippen LogP contribution >= 0.6 is 0 Å². The summed E-state index contributed by atoms with van der Waals surface area (Å²) in [5.74, 6) is -1.07. The van der Waals surface area contributed by atoms with Crippen LogP contribution in [0.1, 0.15) is 5.56 Å². The van der Waals surface area contributed by atoms with E-state index in [9.17, 15) is 13.2 Å². The van der Waals surface area contributed by atoms with Crippen molar-refractivity contribution in [1.29, 1.82) is 0 Å². The molecule has 0 fully saturated rings. The predicted octanol–water partition coefficient (Wildman–Crippen LogP) is 1.19. The van der Waals surface area contributed by atoms with Crippen LogP contribution in [0.4, 0.5) is 0 Å². The van der Waals surface area contributed by atoms with Crippen LogP contribution in [0.5, 0.6) is 0 Å². The van der Waals surface area contributed by atoms with E-state index in [0.717, 1.165) is 12.3 Å². The van der Waals surface area contributed by atoms with Gasteiger partial charge in [0.1, 0.15) is 0 Å². The van der Waals surface area contributed by atoms with Gasteiger partial charge in [0.05, 0.1) is 4.90 Å². The lowest BCUT2D eigenvalue weighted by molar-refractivity contribution is -0.131. The summed E-state index contributed by atoms with van der Waals surface area (Å²) in [6.07, 6.45) is 3.41. The summed E-state index contributed by atoms with van der Waals surface area (Å²) >= 11 is 0. The fraction of sp³-hybridized carbons (Fsp3) is 0.100. The van der Waals surface area contributed by atoms with Crippen molar-refractivity contribution in [3.63, 3.8) is 0 Å². The molecule has 0 saturated carbocycles. The molecule has 0 aliphatic heterocycles. The van der Waals surface area contributed by atoms with Gasteiger partial charge in [0.2, 0.25) is 0 Å². The molecule has 80 valence electrons. The molecule has 1 aromatic carbocycles. The van der Waals surface area contributed by atoms with Gasteiger partial charge in [0.15, 0.2) is 9.84 Å². The van der Waals surface area contributed by atoms with E-state index in [1.54, 1.807) is 12.1 Å². The highest BCUT2D eigenvalue weighted by molar-refractivity contribution is 7.90. The number of carbonyl (C=O) groups is 1. The molecule has 0 atom stereocenters. The maximum atomic E-state index is 11.2. The summed E-state index contributed by atoms with van der Waals surface area (Å²) in [5.41, 5.74) is 0.542. The van der Waals surface area contributed by atoms with Crippen LogP contribution in [0.2, 0.25) is 0 Å². The molecule has 0 aliphatic carbocycles. The van der Waals surface area contributed by atoms with Crippen molar-refractivity contribution < 1.29 is 18.3 Å². The average molecular weight is 226 g/mol. The quantitative estimate of drug-likeness (QED) is 0.786. The van der Waals surface area contributed by atoms with E-state index in [2.05, 4.69) is 0 Å². The SMILES string of the molecule is CS(=O)(=O)c1cccc(C=CC(=O)O)c1. The Bertz CT molecular complexity index is 500. The van der Waals surface area contributed by atoms with Gasteiger partial charge in [-0.1, -0.05) is 12.1 Å². The van der Waals surface area contributed by atoms with Crippen LogP contribution in [0.15, 0.2) is 35.2 Å². The molecule has 0 amide bonds. The van der Waals surface area contributed by atoms with Crippen LogP contribution in [0.25, 0.3) is 6.08 Å². The first kappa shape index (κ1) is 11.5. The van der Waals surface area contributed by atoms with Gasteiger partial charge in [0.25, 0.3) is 0 Å². The van der Waals surface area contributed by atoms with E-state index in [1.165, 1.54) is 18.2 Å². The molecule has 1 N–H and O–H groups in total. The highest BCUT2D eigenvalue weighted by Gasteiger charge is 2.05. The molecular formula is C10H10O4S. The average Bonchev–Trinajstić information content (AvgIpc) is 2.14. The number of aliphatic carboxylic acids is 1. The van der Waals surface area contributed by atoms with Crippen molar-refractivity contribution in [2.24, 2.45) is 0 Å². The number of rotatable bonds is 3. The van der Waals surface area contributed by atoms with Crippen LogP contribution in [0, 0.1) is 0 Å². The zero-order valence-electron chi connectivity index (χ0n) is 8.04. The van der Waals surface area contributed by atoms with Crippen LogP contribution < -0.4 is 0 Å². The number of benzene rings is 1. The molecule has 0 radical (unpaired) electrons. The summed E-state index contributed by atoms with van der Waals surface area (Å²) < 4.78 is 22.4. The van der Waals surface area contributed by atoms with Gasteiger partial charge in [-0.3, -0.25) is 0 Å². The maximum Gasteiger partial charge on any atom is 0.328 e. The normalized spacial score (nSPS) is 11.8. The molecular weight excluding hydrogens is 216 g/mol. The van der Waals surface area contributed by atoms with Crippen molar-refractivity contribution >= 4 is 21.9 Å². The standard InChI is InChI=1S/C10H10O4S/c1-15(13,14)9-4-2-3-8(7-9)5-6-10(11)12/h2-7H,1H3,(H,11,12). The summed E-state index contributed by atoms with van der Waals surface area (Å²) in [5, 5.41) is 8.40. The minimum absolute atomic E-state index is 0.176. The molecule has 0 aliphatic rings. The van der Waals surface area contributed by atoms with Crippen molar-refractivity contribution in [1.82, 2.24) is 0 Å². The Hall–Kier alpha value is -1.62. The number of carboxylic acids is 1. The molecule has 0 saturated heterocycles. The second-order valence-corrected chi connectivity index (χ2v) is 5.03. The molecule has 1 aromatic rings. The Morgan fingerprint density at radius 1 is 1.40 bits per heavy atom. The lowest BCUT2D eigenvalue weighted by Gasteiger charge is -1.98. The van der Waals surface area contributed by atoms with Crippen molar-refractivity contribution in [3.05, 3.63) is 35.9 Å². The number of carboxylic acid groups (broad SMARTS) is 1. The number of hydrogen-bond acceptors (Lipinski definition) is 3. The molecule has 0 heterocycles. The molecule has 5 heteroatoms. The summed E-state index contributed by atoms with van der Waals surface area (Å²) in [6, 6.07) is 6.09.